The first kappa shape index (κ1) is 19.0. The molecule has 0 bridgehead atoms. The summed E-state index contributed by atoms with van der Waals surface area (Å²) in [6.45, 7) is 10.2. The zero-order chi connectivity index (χ0) is 19.1. The Morgan fingerprint density at radius 2 is 2.08 bits per heavy atom. The smallest absolute Gasteiger partial charge is 0.163 e. The van der Waals surface area contributed by atoms with Crippen LogP contribution in [-0.2, 0) is 6.42 Å². The van der Waals surface area contributed by atoms with E-state index in [4.69, 9.17) is 4.74 Å². The second kappa shape index (κ2) is 7.09. The number of aryl methyl sites for hydroxylation is 1. The molecule has 26 heavy (non-hydrogen) atoms. The molecule has 2 atom stereocenters. The van der Waals surface area contributed by atoms with E-state index in [1.807, 2.05) is 6.07 Å². The fraction of sp³-hybridized carbons (Fsp3) is 0.609. The van der Waals surface area contributed by atoms with Crippen molar-refractivity contribution in [1.82, 2.24) is 0 Å². The first-order chi connectivity index (χ1) is 12.3. The molecule has 0 saturated carbocycles. The molecule has 142 valence electrons. The van der Waals surface area contributed by atoms with Crippen LogP contribution in [0.25, 0.3) is 0 Å². The molecule has 1 N–H and O–H groups in total. The minimum absolute atomic E-state index is 0.0544. The van der Waals surface area contributed by atoms with E-state index >= 15 is 0 Å². The zero-order valence-electron chi connectivity index (χ0n) is 16.8. The number of phenolic OH excluding ortho intramolecular Hbond substituents is 1. The van der Waals surface area contributed by atoms with Gasteiger partial charge in [-0.15, -0.1) is 0 Å². The van der Waals surface area contributed by atoms with Crippen LogP contribution in [0.1, 0.15) is 94.1 Å². The molecular weight excluding hydrogens is 324 g/mol. The maximum absolute atomic E-state index is 12.3. The van der Waals surface area contributed by atoms with Crippen LogP contribution >= 0.6 is 0 Å². The highest BCUT2D eigenvalue weighted by molar-refractivity contribution is 5.99. The van der Waals surface area contributed by atoms with Gasteiger partial charge in [0, 0.05) is 17.4 Å². The van der Waals surface area contributed by atoms with Crippen molar-refractivity contribution in [2.24, 2.45) is 5.92 Å². The number of aromatic hydroxyl groups is 1. The highest BCUT2D eigenvalue weighted by Gasteiger charge is 2.46. The van der Waals surface area contributed by atoms with Crippen molar-refractivity contribution in [3.63, 3.8) is 0 Å². The standard InChI is InChI=1S/C23H32O3/c1-6-7-8-9-16-13-19-21(22(25)20(16)15(3)24)17-12-14(2)10-11-18(17)23(4,5)26-19/h10,13,17-18,25H,6-9,11-12H2,1-5H3/t17-,18-/m1/s1. The average Bonchev–Trinajstić information content (AvgIpc) is 2.53. The van der Waals surface area contributed by atoms with Crippen LogP contribution in [0.4, 0.5) is 0 Å². The number of hydrogen-bond donors (Lipinski definition) is 1. The second-order valence-electron chi connectivity index (χ2n) is 8.59. The van der Waals surface area contributed by atoms with Crippen LogP contribution in [0.15, 0.2) is 17.7 Å². The molecular formula is C23H32O3. The third kappa shape index (κ3) is 3.28. The molecule has 0 spiro atoms. The monoisotopic (exact) mass is 356 g/mol. The predicted octanol–water partition coefficient (Wildman–Crippen LogP) is 5.94. The number of hydrogen-bond acceptors (Lipinski definition) is 3. The predicted molar refractivity (Wildman–Crippen MR) is 105 cm³/mol. The maximum Gasteiger partial charge on any atom is 0.163 e. The molecule has 3 heteroatoms. The Kier molecular flexibility index (Phi) is 5.18. The third-order valence-corrected chi connectivity index (χ3v) is 6.17. The van der Waals surface area contributed by atoms with Gasteiger partial charge in [0.05, 0.1) is 5.56 Å². The van der Waals surface area contributed by atoms with E-state index in [1.165, 1.54) is 5.57 Å². The van der Waals surface area contributed by atoms with Crippen molar-refractivity contribution in [3.8, 4) is 11.5 Å². The van der Waals surface area contributed by atoms with E-state index in [1.54, 1.807) is 6.92 Å². The van der Waals surface area contributed by atoms with E-state index in [9.17, 15) is 9.90 Å². The van der Waals surface area contributed by atoms with Gasteiger partial charge in [-0.05, 0) is 65.0 Å². The topological polar surface area (TPSA) is 46.5 Å². The normalized spacial score (nSPS) is 23.5. The van der Waals surface area contributed by atoms with Gasteiger partial charge in [0.1, 0.15) is 17.1 Å². The van der Waals surface area contributed by atoms with Gasteiger partial charge in [0.15, 0.2) is 5.78 Å². The van der Waals surface area contributed by atoms with Crippen molar-refractivity contribution < 1.29 is 14.6 Å². The fourth-order valence-electron chi connectivity index (χ4n) is 4.81. The number of fused-ring (bicyclic) bond motifs is 3. The van der Waals surface area contributed by atoms with E-state index in [-0.39, 0.29) is 23.1 Å². The van der Waals surface area contributed by atoms with Crippen molar-refractivity contribution >= 4 is 5.78 Å². The van der Waals surface area contributed by atoms with Crippen molar-refractivity contribution in [1.29, 1.82) is 0 Å². The first-order valence-corrected chi connectivity index (χ1v) is 10.0. The molecule has 1 heterocycles. The molecule has 0 aromatic heterocycles. The largest absolute Gasteiger partial charge is 0.507 e. The van der Waals surface area contributed by atoms with Crippen molar-refractivity contribution in [2.45, 2.75) is 84.7 Å². The van der Waals surface area contributed by atoms with Crippen LogP contribution in [0.2, 0.25) is 0 Å². The van der Waals surface area contributed by atoms with Crippen LogP contribution < -0.4 is 4.74 Å². The lowest BCUT2D eigenvalue weighted by atomic mass is 9.66. The maximum atomic E-state index is 12.3. The summed E-state index contributed by atoms with van der Waals surface area (Å²) >= 11 is 0. The van der Waals surface area contributed by atoms with E-state index in [2.05, 4.69) is 33.8 Å². The van der Waals surface area contributed by atoms with Gasteiger partial charge >= 0.3 is 0 Å². The van der Waals surface area contributed by atoms with Gasteiger partial charge < -0.3 is 9.84 Å². The summed E-state index contributed by atoms with van der Waals surface area (Å²) in [5.41, 5.74) is 3.37. The summed E-state index contributed by atoms with van der Waals surface area (Å²) in [4.78, 5) is 12.3. The number of unbranched alkanes of at least 4 members (excludes halogenated alkanes) is 2. The van der Waals surface area contributed by atoms with Crippen molar-refractivity contribution in [3.05, 3.63) is 34.4 Å². The van der Waals surface area contributed by atoms with Crippen LogP contribution in [-0.4, -0.2) is 16.5 Å². The number of carbonyl (C=O) groups is 1. The average molecular weight is 357 g/mol. The molecule has 0 fully saturated rings. The van der Waals surface area contributed by atoms with Gasteiger partial charge in [-0.25, -0.2) is 0 Å². The SMILES string of the molecule is CCCCCc1cc2c(c(O)c1C(C)=O)[C@@H]1CC(C)=CC[C@H]1C(C)(C)O2. The number of allylic oxidation sites excluding steroid dienone is 2. The molecule has 1 aliphatic heterocycles. The third-order valence-electron chi connectivity index (χ3n) is 6.17. The molecule has 3 nitrogen and oxygen atoms in total. The molecule has 0 unspecified atom stereocenters. The molecule has 0 saturated heterocycles. The number of ether oxygens (including phenoxy) is 1. The summed E-state index contributed by atoms with van der Waals surface area (Å²) in [6.07, 6.45) is 8.24. The van der Waals surface area contributed by atoms with Gasteiger partial charge in [0.25, 0.3) is 0 Å². The number of carbonyl (C=O) groups excluding carboxylic acids is 1. The number of benzene rings is 1. The van der Waals surface area contributed by atoms with E-state index < -0.39 is 0 Å². The Morgan fingerprint density at radius 1 is 1.35 bits per heavy atom. The molecule has 3 rings (SSSR count). The van der Waals surface area contributed by atoms with Crippen LogP contribution in [0, 0.1) is 5.92 Å². The Hall–Kier alpha value is -1.77. The summed E-state index contributed by atoms with van der Waals surface area (Å²) in [7, 11) is 0. The molecule has 1 aromatic rings. The molecule has 1 aliphatic carbocycles. The van der Waals surface area contributed by atoms with Gasteiger partial charge in [0.2, 0.25) is 0 Å². The summed E-state index contributed by atoms with van der Waals surface area (Å²) in [5.74, 6) is 1.42. The molecule has 0 radical (unpaired) electrons. The summed E-state index contributed by atoms with van der Waals surface area (Å²) < 4.78 is 6.39. The minimum atomic E-state index is -0.278. The Bertz CT molecular complexity index is 742. The second-order valence-corrected chi connectivity index (χ2v) is 8.59. The Morgan fingerprint density at radius 3 is 2.73 bits per heavy atom. The molecule has 2 aliphatic rings. The lowest BCUT2D eigenvalue weighted by Gasteiger charge is -2.47. The quantitative estimate of drug-likeness (QED) is 0.403. The zero-order valence-corrected chi connectivity index (χ0v) is 16.8. The summed E-state index contributed by atoms with van der Waals surface area (Å²) in [5, 5.41) is 11.1. The fourth-order valence-corrected chi connectivity index (χ4v) is 4.81. The number of ketones is 1. The Labute approximate surface area is 157 Å². The molecule has 1 aromatic carbocycles. The Balaban J connectivity index is 2.13. The van der Waals surface area contributed by atoms with Gasteiger partial charge in [-0.3, -0.25) is 4.79 Å². The van der Waals surface area contributed by atoms with Crippen LogP contribution in [0.3, 0.4) is 0 Å². The lowest BCUT2D eigenvalue weighted by Crippen LogP contribution is -2.45. The van der Waals surface area contributed by atoms with E-state index in [0.717, 1.165) is 55.4 Å². The number of phenols is 1. The van der Waals surface area contributed by atoms with E-state index in [0.29, 0.717) is 11.5 Å². The molecule has 0 amide bonds. The number of Topliss-reactive ketones (excluding diaryl/α,β-unsaturated/α-hetero) is 1. The summed E-state index contributed by atoms with van der Waals surface area (Å²) in [6, 6.07) is 2.03. The lowest BCUT2D eigenvalue weighted by molar-refractivity contribution is 0.00748. The highest BCUT2D eigenvalue weighted by Crippen LogP contribution is 2.55. The number of rotatable bonds is 5. The first-order valence-electron chi connectivity index (χ1n) is 10.0. The van der Waals surface area contributed by atoms with Crippen molar-refractivity contribution in [2.75, 3.05) is 0 Å². The van der Waals surface area contributed by atoms with Gasteiger partial charge in [-0.2, -0.15) is 0 Å². The highest BCUT2D eigenvalue weighted by atomic mass is 16.5. The van der Waals surface area contributed by atoms with Crippen LogP contribution in [0.5, 0.6) is 11.5 Å². The minimum Gasteiger partial charge on any atom is -0.507 e. The van der Waals surface area contributed by atoms with Gasteiger partial charge in [-0.1, -0.05) is 31.4 Å².